The first-order valence-electron chi connectivity index (χ1n) is 5.92. The summed E-state index contributed by atoms with van der Waals surface area (Å²) in [4.78, 5) is 0. The minimum Gasteiger partial charge on any atom is -0.497 e. The van der Waals surface area contributed by atoms with Gasteiger partial charge < -0.3 is 15.8 Å². The number of nitrogens with two attached hydrogens (primary N) is 1. The molecule has 1 atom stereocenters. The van der Waals surface area contributed by atoms with Gasteiger partial charge in [0.15, 0.2) is 0 Å². The number of hydrogen-bond donors (Lipinski definition) is 2. The zero-order valence-corrected chi connectivity index (χ0v) is 11.0. The normalized spacial score (nSPS) is 25.2. The number of nitrogens with one attached hydrogen (secondary N) is 1. The van der Waals surface area contributed by atoms with Crippen LogP contribution in [0.15, 0.2) is 18.2 Å². The highest BCUT2D eigenvalue weighted by Crippen LogP contribution is 2.39. The highest BCUT2D eigenvalue weighted by atomic mass is 35.5. The molecule has 17 heavy (non-hydrogen) atoms. The molecule has 94 valence electrons. The summed E-state index contributed by atoms with van der Waals surface area (Å²) in [6.45, 7) is 0. The van der Waals surface area contributed by atoms with Crippen molar-refractivity contribution < 1.29 is 4.74 Å². The third kappa shape index (κ3) is 2.57. The molecule has 4 heteroatoms. The van der Waals surface area contributed by atoms with Crippen LogP contribution in [0.2, 0.25) is 5.02 Å². The zero-order valence-electron chi connectivity index (χ0n) is 10.2. The van der Waals surface area contributed by atoms with E-state index in [2.05, 4.69) is 5.32 Å². The van der Waals surface area contributed by atoms with Crippen molar-refractivity contribution in [1.82, 2.24) is 5.32 Å². The quantitative estimate of drug-likeness (QED) is 0.867. The van der Waals surface area contributed by atoms with E-state index in [0.29, 0.717) is 12.0 Å². The summed E-state index contributed by atoms with van der Waals surface area (Å²) < 4.78 is 5.16. The monoisotopic (exact) mass is 254 g/mol. The lowest BCUT2D eigenvalue weighted by molar-refractivity contribution is 0.204. The number of ether oxygens (including phenoxy) is 1. The molecular weight excluding hydrogens is 236 g/mol. The average Bonchev–Trinajstić information content (AvgIpc) is 2.29. The molecule has 0 aliphatic heterocycles. The molecule has 3 nitrogen and oxygen atoms in total. The fourth-order valence-electron chi connectivity index (χ4n) is 2.51. The standard InChI is InChI=1S/C13H19ClN2O/c1-16-13(8-5-9(15)6-8)11-4-3-10(17-2)7-12(11)14/h3-4,7-9,13,16H,5-6,15H2,1-2H3. The van der Waals surface area contributed by atoms with E-state index in [0.717, 1.165) is 29.2 Å². The number of halogens is 1. The van der Waals surface area contributed by atoms with Crippen molar-refractivity contribution in [3.63, 3.8) is 0 Å². The van der Waals surface area contributed by atoms with Crippen LogP contribution in [-0.2, 0) is 0 Å². The maximum atomic E-state index is 6.29. The summed E-state index contributed by atoms with van der Waals surface area (Å²) in [5.74, 6) is 1.37. The van der Waals surface area contributed by atoms with Gasteiger partial charge >= 0.3 is 0 Å². The predicted molar refractivity (Wildman–Crippen MR) is 70.5 cm³/mol. The molecule has 3 N–H and O–H groups in total. The van der Waals surface area contributed by atoms with Crippen LogP contribution in [0.4, 0.5) is 0 Å². The maximum Gasteiger partial charge on any atom is 0.120 e. The second-order valence-corrected chi connectivity index (χ2v) is 5.05. The lowest BCUT2D eigenvalue weighted by atomic mass is 9.74. The smallest absolute Gasteiger partial charge is 0.120 e. The Labute approximate surface area is 107 Å². The van der Waals surface area contributed by atoms with Gasteiger partial charge in [0.1, 0.15) is 5.75 Å². The van der Waals surface area contributed by atoms with E-state index in [4.69, 9.17) is 22.1 Å². The molecule has 1 fully saturated rings. The SMILES string of the molecule is CNC(c1ccc(OC)cc1Cl)C1CC(N)C1. The Balaban J connectivity index is 2.19. The molecule has 2 rings (SSSR count). The third-order valence-corrected chi connectivity index (χ3v) is 3.86. The van der Waals surface area contributed by atoms with Crippen molar-refractivity contribution in [1.29, 1.82) is 0 Å². The molecule has 1 aromatic carbocycles. The third-order valence-electron chi connectivity index (χ3n) is 3.54. The number of hydrogen-bond acceptors (Lipinski definition) is 3. The zero-order chi connectivity index (χ0) is 12.4. The Morgan fingerprint density at radius 1 is 1.47 bits per heavy atom. The fourth-order valence-corrected chi connectivity index (χ4v) is 2.80. The minimum absolute atomic E-state index is 0.285. The van der Waals surface area contributed by atoms with Crippen molar-refractivity contribution in [3.8, 4) is 5.75 Å². The maximum absolute atomic E-state index is 6.29. The van der Waals surface area contributed by atoms with Crippen LogP contribution >= 0.6 is 11.6 Å². The van der Waals surface area contributed by atoms with Gasteiger partial charge in [-0.3, -0.25) is 0 Å². The van der Waals surface area contributed by atoms with Gasteiger partial charge in [-0.1, -0.05) is 17.7 Å². The van der Waals surface area contributed by atoms with Crippen molar-refractivity contribution in [2.24, 2.45) is 11.7 Å². The molecule has 0 amide bonds. The van der Waals surface area contributed by atoms with Crippen LogP contribution in [0.25, 0.3) is 0 Å². The van der Waals surface area contributed by atoms with Gasteiger partial charge in [-0.25, -0.2) is 0 Å². The molecular formula is C13H19ClN2O. The summed E-state index contributed by atoms with van der Waals surface area (Å²) in [6.07, 6.45) is 2.13. The van der Waals surface area contributed by atoms with Gasteiger partial charge in [0.25, 0.3) is 0 Å². The first-order valence-corrected chi connectivity index (χ1v) is 6.29. The topological polar surface area (TPSA) is 47.3 Å². The van der Waals surface area contributed by atoms with E-state index in [-0.39, 0.29) is 6.04 Å². The molecule has 1 aliphatic carbocycles. The van der Waals surface area contributed by atoms with Crippen LogP contribution in [0.3, 0.4) is 0 Å². The highest BCUT2D eigenvalue weighted by Gasteiger charge is 2.33. The second kappa shape index (κ2) is 5.25. The van der Waals surface area contributed by atoms with Crippen LogP contribution in [0.5, 0.6) is 5.75 Å². The summed E-state index contributed by atoms with van der Waals surface area (Å²) in [7, 11) is 3.61. The van der Waals surface area contributed by atoms with E-state index < -0.39 is 0 Å². The van der Waals surface area contributed by atoms with E-state index in [1.165, 1.54) is 0 Å². The summed E-state index contributed by atoms with van der Waals surface area (Å²) in [6, 6.07) is 6.48. The first kappa shape index (κ1) is 12.7. The van der Waals surface area contributed by atoms with Gasteiger partial charge in [-0.15, -0.1) is 0 Å². The molecule has 0 aromatic heterocycles. The van der Waals surface area contributed by atoms with Crippen molar-refractivity contribution in [2.75, 3.05) is 14.2 Å². The number of benzene rings is 1. The average molecular weight is 255 g/mol. The Bertz CT molecular complexity index is 391. The van der Waals surface area contributed by atoms with Gasteiger partial charge in [0.2, 0.25) is 0 Å². The van der Waals surface area contributed by atoms with Gasteiger partial charge in [-0.05, 0) is 43.5 Å². The van der Waals surface area contributed by atoms with Crippen LogP contribution in [0.1, 0.15) is 24.4 Å². The molecule has 0 saturated heterocycles. The fraction of sp³-hybridized carbons (Fsp3) is 0.538. The summed E-state index contributed by atoms with van der Waals surface area (Å²) in [5, 5.41) is 4.09. The molecule has 1 saturated carbocycles. The number of methoxy groups -OCH3 is 1. The Morgan fingerprint density at radius 3 is 2.65 bits per heavy atom. The van der Waals surface area contributed by atoms with E-state index in [1.54, 1.807) is 7.11 Å². The van der Waals surface area contributed by atoms with Gasteiger partial charge in [0.05, 0.1) is 7.11 Å². The highest BCUT2D eigenvalue weighted by molar-refractivity contribution is 6.31. The molecule has 1 unspecified atom stereocenters. The molecule has 0 bridgehead atoms. The van der Waals surface area contributed by atoms with Crippen LogP contribution in [0, 0.1) is 5.92 Å². The molecule has 0 spiro atoms. The van der Waals surface area contributed by atoms with Crippen molar-refractivity contribution in [3.05, 3.63) is 28.8 Å². The van der Waals surface area contributed by atoms with Gasteiger partial charge in [0, 0.05) is 17.1 Å². The Hall–Kier alpha value is -0.770. The van der Waals surface area contributed by atoms with Gasteiger partial charge in [-0.2, -0.15) is 0 Å². The summed E-state index contributed by atoms with van der Waals surface area (Å²) in [5.41, 5.74) is 6.97. The number of rotatable bonds is 4. The Kier molecular flexibility index (Phi) is 3.92. The molecule has 0 heterocycles. The second-order valence-electron chi connectivity index (χ2n) is 4.65. The largest absolute Gasteiger partial charge is 0.497 e. The van der Waals surface area contributed by atoms with Crippen molar-refractivity contribution >= 4 is 11.6 Å². The van der Waals surface area contributed by atoms with Crippen LogP contribution < -0.4 is 15.8 Å². The molecule has 0 radical (unpaired) electrons. The molecule has 1 aromatic rings. The van der Waals surface area contributed by atoms with E-state index in [1.807, 2.05) is 25.2 Å². The lowest BCUT2D eigenvalue weighted by Gasteiger charge is -2.39. The predicted octanol–water partition coefficient (Wildman–Crippen LogP) is 2.35. The van der Waals surface area contributed by atoms with Crippen molar-refractivity contribution in [2.45, 2.75) is 24.9 Å². The molecule has 1 aliphatic rings. The van der Waals surface area contributed by atoms with Crippen LogP contribution in [-0.4, -0.2) is 20.2 Å². The summed E-state index contributed by atoms with van der Waals surface area (Å²) >= 11 is 6.29. The van der Waals surface area contributed by atoms with E-state index >= 15 is 0 Å². The first-order chi connectivity index (χ1) is 8.15. The minimum atomic E-state index is 0.285. The lowest BCUT2D eigenvalue weighted by Crippen LogP contribution is -2.42. The van der Waals surface area contributed by atoms with E-state index in [9.17, 15) is 0 Å². The Morgan fingerprint density at radius 2 is 2.18 bits per heavy atom.